The average Bonchev–Trinajstić information content (AvgIpc) is 4.08. The summed E-state index contributed by atoms with van der Waals surface area (Å²) in [6, 6.07) is 0.262. The normalized spacial score (nSPS) is 16.0. The lowest BCUT2D eigenvalue weighted by Gasteiger charge is -2.29. The van der Waals surface area contributed by atoms with Crippen LogP contribution in [0.4, 0.5) is 0 Å². The van der Waals surface area contributed by atoms with Gasteiger partial charge in [-0.1, -0.05) is 71.9 Å². The standard InChI is InChI=1S/C50H83N17O8/c1-28(2)21-36(41(51)68)63-48(75)40(25-32-26-56-27-60-32)67-46(73)38(23-30(5)6)65-43(70)34(16-11-19-58-49(52)53)61-45(72)37(22-29(3)4)64-44(71)35(17-12-20-59-50(54)55)62-47(74)39(24-31-13-8-7-9-14-31)66-42(69)33-15-10-18-57-33/h7-9,13-14,26-30,33-40,57H,10-12,15-25H2,1-6H3,(H2,51,68)(H,56,60)(H,61,72)(H,62,74)(H,63,75)(H,64,71)(H,65,70)(H,66,69)(H,67,73)(H4,52,53,58)(H4,54,55,59)/t33-,34-,35-,36-,37-,38-,39-,40-/m0/s1. The molecule has 19 N–H and O–H groups in total. The Kier molecular flexibility index (Phi) is 26.5. The van der Waals surface area contributed by atoms with Gasteiger partial charge in [0.2, 0.25) is 47.3 Å². The second kappa shape index (κ2) is 32.1. The summed E-state index contributed by atoms with van der Waals surface area (Å²) in [6.45, 7) is 11.9. The topological polar surface area (TPSA) is 416 Å². The van der Waals surface area contributed by atoms with Crippen molar-refractivity contribution in [3.63, 3.8) is 0 Å². The molecule has 8 amide bonds. The largest absolute Gasteiger partial charge is 0.370 e. The molecule has 8 atom stereocenters. The summed E-state index contributed by atoms with van der Waals surface area (Å²) in [5.41, 5.74) is 29.1. The van der Waals surface area contributed by atoms with Gasteiger partial charge in [0.25, 0.3) is 0 Å². The molecule has 0 bridgehead atoms. The number of primary amides is 1. The number of H-pyrrole nitrogens is 1. The van der Waals surface area contributed by atoms with Crippen LogP contribution in [0.15, 0.2) is 52.8 Å². The predicted octanol–water partition coefficient (Wildman–Crippen LogP) is -1.93. The molecule has 75 heavy (non-hydrogen) atoms. The second-order valence-electron chi connectivity index (χ2n) is 20.2. The maximum absolute atomic E-state index is 14.5. The van der Waals surface area contributed by atoms with E-state index in [1.54, 1.807) is 0 Å². The van der Waals surface area contributed by atoms with Crippen LogP contribution in [-0.2, 0) is 51.2 Å². The van der Waals surface area contributed by atoms with Gasteiger partial charge < -0.3 is 76.2 Å². The molecule has 1 fully saturated rings. The fraction of sp³-hybridized carbons (Fsp3) is 0.620. The molecular weight excluding hydrogens is 967 g/mol. The quantitative estimate of drug-likeness (QED) is 0.0211. The summed E-state index contributed by atoms with van der Waals surface area (Å²) >= 11 is 0. The van der Waals surface area contributed by atoms with Crippen molar-refractivity contribution in [2.24, 2.45) is 56.4 Å². The van der Waals surface area contributed by atoms with Gasteiger partial charge in [-0.2, -0.15) is 0 Å². The first kappa shape index (κ1) is 62.0. The zero-order chi connectivity index (χ0) is 55.6. The number of aromatic amines is 1. The minimum Gasteiger partial charge on any atom is -0.370 e. The summed E-state index contributed by atoms with van der Waals surface area (Å²) in [5.74, 6) is -6.05. The van der Waals surface area contributed by atoms with Crippen molar-refractivity contribution in [1.29, 1.82) is 0 Å². The third kappa shape index (κ3) is 23.6. The summed E-state index contributed by atoms with van der Waals surface area (Å²) in [7, 11) is 0. The number of rotatable bonds is 33. The molecule has 0 radical (unpaired) electrons. The number of nitrogens with zero attached hydrogens (tertiary/aromatic N) is 3. The molecule has 0 aliphatic carbocycles. The summed E-state index contributed by atoms with van der Waals surface area (Å²) in [5, 5.41) is 22.5. The van der Waals surface area contributed by atoms with Gasteiger partial charge in [0.15, 0.2) is 11.9 Å². The number of hydrogen-bond donors (Lipinski definition) is 14. The van der Waals surface area contributed by atoms with Crippen molar-refractivity contribution in [3.05, 3.63) is 54.1 Å². The van der Waals surface area contributed by atoms with E-state index in [1.807, 2.05) is 71.9 Å². The fourth-order valence-corrected chi connectivity index (χ4v) is 8.37. The molecule has 1 aromatic carbocycles. The van der Waals surface area contributed by atoms with Gasteiger partial charge >= 0.3 is 0 Å². The minimum absolute atomic E-state index is 0.000381. The minimum atomic E-state index is -1.30. The van der Waals surface area contributed by atoms with E-state index in [2.05, 4.69) is 62.5 Å². The van der Waals surface area contributed by atoms with Crippen molar-refractivity contribution >= 4 is 59.2 Å². The average molecular weight is 1050 g/mol. The maximum atomic E-state index is 14.5. The summed E-state index contributed by atoms with van der Waals surface area (Å²) in [4.78, 5) is 126. The number of benzene rings is 1. The first-order valence-electron chi connectivity index (χ1n) is 25.8. The monoisotopic (exact) mass is 1050 g/mol. The highest BCUT2D eigenvalue weighted by Crippen LogP contribution is 2.14. The number of nitrogens with one attached hydrogen (secondary N) is 9. The number of carbonyl (C=O) groups excluding carboxylic acids is 8. The molecule has 1 aliphatic heterocycles. The molecule has 0 spiro atoms. The Morgan fingerprint density at radius 1 is 0.573 bits per heavy atom. The number of aliphatic imine (C=N–C) groups is 2. The number of carbonyl (C=O) groups is 8. The molecule has 0 saturated carbocycles. The molecule has 1 aromatic heterocycles. The van der Waals surface area contributed by atoms with E-state index >= 15 is 0 Å². The molecule has 25 nitrogen and oxygen atoms in total. The van der Waals surface area contributed by atoms with Crippen LogP contribution in [0.2, 0.25) is 0 Å². The van der Waals surface area contributed by atoms with Crippen LogP contribution in [0.3, 0.4) is 0 Å². The van der Waals surface area contributed by atoms with E-state index in [-0.39, 0.29) is 106 Å². The highest BCUT2D eigenvalue weighted by Gasteiger charge is 2.35. The predicted molar refractivity (Wildman–Crippen MR) is 284 cm³/mol. The van der Waals surface area contributed by atoms with Gasteiger partial charge in [-0.05, 0) is 87.6 Å². The third-order valence-electron chi connectivity index (χ3n) is 12.1. The molecule has 3 rings (SSSR count). The maximum Gasteiger partial charge on any atom is 0.243 e. The fourth-order valence-electron chi connectivity index (χ4n) is 8.37. The molecular formula is C50H83N17O8. The van der Waals surface area contributed by atoms with Gasteiger partial charge in [-0.15, -0.1) is 0 Å². The van der Waals surface area contributed by atoms with Crippen molar-refractivity contribution < 1.29 is 38.4 Å². The molecule has 2 heterocycles. The van der Waals surface area contributed by atoms with Crippen LogP contribution >= 0.6 is 0 Å². The lowest BCUT2D eigenvalue weighted by atomic mass is 9.99. The first-order valence-corrected chi connectivity index (χ1v) is 25.8. The lowest BCUT2D eigenvalue weighted by Crippen LogP contribution is -2.60. The highest BCUT2D eigenvalue weighted by molar-refractivity contribution is 5.98. The van der Waals surface area contributed by atoms with Crippen molar-refractivity contribution in [3.8, 4) is 0 Å². The van der Waals surface area contributed by atoms with Crippen LogP contribution in [0.25, 0.3) is 0 Å². The molecule has 25 heteroatoms. The van der Waals surface area contributed by atoms with Gasteiger partial charge in [0, 0.05) is 37.8 Å². The molecule has 1 saturated heterocycles. The SMILES string of the molecule is CC(C)C[C@H](NC(=O)[C@H](Cc1cnc[nH]1)NC(=O)[C@H](CC(C)C)NC(=O)[C@H](CCCN=C(N)N)NC(=O)[C@H](CC(C)C)NC(=O)[C@H](CCCN=C(N)N)NC(=O)[C@H](Cc1ccccc1)NC(=O)[C@@H]1CCCN1)C(N)=O. The zero-order valence-corrected chi connectivity index (χ0v) is 44.3. The van der Waals surface area contributed by atoms with E-state index in [0.29, 0.717) is 18.7 Å². The van der Waals surface area contributed by atoms with Crippen LogP contribution in [0.5, 0.6) is 0 Å². The Morgan fingerprint density at radius 3 is 1.43 bits per heavy atom. The Morgan fingerprint density at radius 2 is 1.00 bits per heavy atom. The number of amides is 8. The lowest BCUT2D eigenvalue weighted by molar-refractivity contribution is -0.136. The van der Waals surface area contributed by atoms with Gasteiger partial charge in [-0.25, -0.2) is 4.98 Å². The smallest absolute Gasteiger partial charge is 0.243 e. The van der Waals surface area contributed by atoms with E-state index in [0.717, 1.165) is 12.0 Å². The summed E-state index contributed by atoms with van der Waals surface area (Å²) in [6.07, 6.45) is 5.27. The van der Waals surface area contributed by atoms with Crippen LogP contribution in [0.1, 0.15) is 111 Å². The first-order chi connectivity index (χ1) is 35.5. The molecule has 416 valence electrons. The second-order valence-corrected chi connectivity index (χ2v) is 20.2. The van der Waals surface area contributed by atoms with Crippen molar-refractivity contribution in [2.45, 2.75) is 161 Å². The molecule has 0 unspecified atom stereocenters. The van der Waals surface area contributed by atoms with E-state index in [9.17, 15) is 38.4 Å². The van der Waals surface area contributed by atoms with Crippen LogP contribution in [-0.4, -0.2) is 137 Å². The van der Waals surface area contributed by atoms with Gasteiger partial charge in [-0.3, -0.25) is 48.3 Å². The Bertz CT molecular complexity index is 2210. The number of guanidine groups is 2. The Balaban J connectivity index is 1.93. The summed E-state index contributed by atoms with van der Waals surface area (Å²) < 4.78 is 0. The number of aromatic nitrogens is 2. The Labute approximate surface area is 439 Å². The number of imidazole rings is 1. The highest BCUT2D eigenvalue weighted by atomic mass is 16.2. The third-order valence-corrected chi connectivity index (χ3v) is 12.1. The van der Waals surface area contributed by atoms with Crippen molar-refractivity contribution in [2.75, 3.05) is 19.6 Å². The van der Waals surface area contributed by atoms with E-state index < -0.39 is 89.7 Å². The number of nitrogens with two attached hydrogens (primary N) is 5. The van der Waals surface area contributed by atoms with Gasteiger partial charge in [0.1, 0.15) is 42.3 Å². The van der Waals surface area contributed by atoms with Crippen LogP contribution < -0.4 is 71.2 Å². The number of hydrogen-bond acceptors (Lipinski definition) is 12. The van der Waals surface area contributed by atoms with E-state index in [1.165, 1.54) is 12.5 Å². The molecule has 1 aliphatic rings. The van der Waals surface area contributed by atoms with Crippen molar-refractivity contribution in [1.82, 2.24) is 52.5 Å². The molecule has 2 aromatic rings. The zero-order valence-electron chi connectivity index (χ0n) is 44.3. The van der Waals surface area contributed by atoms with E-state index in [4.69, 9.17) is 28.7 Å². The van der Waals surface area contributed by atoms with Crippen LogP contribution in [0, 0.1) is 17.8 Å². The Hall–Kier alpha value is -7.31. The van der Waals surface area contributed by atoms with Gasteiger partial charge in [0.05, 0.1) is 12.4 Å².